The van der Waals surface area contributed by atoms with E-state index >= 15 is 0 Å². The van der Waals surface area contributed by atoms with Gasteiger partial charge in [-0.3, -0.25) is 0 Å². The molecule has 1 saturated heterocycles. The third-order valence-electron chi connectivity index (χ3n) is 2.83. The standard InChI is InChI=1S/C12H16N2S/c1-12(2)9-13-11(15)14(12)8-10-6-4-3-5-7-10/h3-7H,8-9H2,1-2H3,(H,13,15). The fraction of sp³-hybridized carbons (Fsp3) is 0.417. The average Bonchev–Trinajstić information content (AvgIpc) is 2.47. The predicted octanol–water partition coefficient (Wildman–Crippen LogP) is 2.16. The highest BCUT2D eigenvalue weighted by atomic mass is 32.1. The fourth-order valence-electron chi connectivity index (χ4n) is 1.81. The van der Waals surface area contributed by atoms with Crippen molar-refractivity contribution in [3.63, 3.8) is 0 Å². The van der Waals surface area contributed by atoms with Gasteiger partial charge in [0.2, 0.25) is 0 Å². The van der Waals surface area contributed by atoms with Crippen LogP contribution < -0.4 is 5.32 Å². The highest BCUT2D eigenvalue weighted by Crippen LogP contribution is 2.22. The molecule has 0 radical (unpaired) electrons. The maximum Gasteiger partial charge on any atom is 0.169 e. The van der Waals surface area contributed by atoms with Gasteiger partial charge in [-0.15, -0.1) is 0 Å². The van der Waals surface area contributed by atoms with Crippen LogP contribution in [-0.4, -0.2) is 22.1 Å². The minimum Gasteiger partial charge on any atom is -0.360 e. The molecule has 15 heavy (non-hydrogen) atoms. The molecule has 1 fully saturated rings. The minimum absolute atomic E-state index is 0.118. The number of rotatable bonds is 2. The first-order valence-electron chi connectivity index (χ1n) is 5.19. The predicted molar refractivity (Wildman–Crippen MR) is 66.7 cm³/mol. The van der Waals surface area contributed by atoms with E-state index in [-0.39, 0.29) is 5.54 Å². The molecule has 2 nitrogen and oxygen atoms in total. The van der Waals surface area contributed by atoms with Crippen molar-refractivity contribution >= 4 is 17.3 Å². The van der Waals surface area contributed by atoms with Crippen molar-refractivity contribution in [2.75, 3.05) is 6.54 Å². The summed E-state index contributed by atoms with van der Waals surface area (Å²) in [6, 6.07) is 10.4. The van der Waals surface area contributed by atoms with Gasteiger partial charge in [0, 0.05) is 13.1 Å². The second kappa shape index (κ2) is 3.81. The second-order valence-electron chi connectivity index (χ2n) is 4.54. The summed E-state index contributed by atoms with van der Waals surface area (Å²) in [6.45, 7) is 6.24. The Labute approximate surface area is 96.3 Å². The Morgan fingerprint density at radius 3 is 2.53 bits per heavy atom. The molecular weight excluding hydrogens is 204 g/mol. The van der Waals surface area contributed by atoms with E-state index in [0.717, 1.165) is 18.2 Å². The lowest BCUT2D eigenvalue weighted by atomic mass is 10.0. The van der Waals surface area contributed by atoms with E-state index in [9.17, 15) is 0 Å². The molecule has 0 aromatic heterocycles. The van der Waals surface area contributed by atoms with Crippen LogP contribution >= 0.6 is 12.2 Å². The van der Waals surface area contributed by atoms with Gasteiger partial charge in [-0.05, 0) is 31.6 Å². The lowest BCUT2D eigenvalue weighted by Crippen LogP contribution is -2.41. The molecule has 0 unspecified atom stereocenters. The number of hydrogen-bond acceptors (Lipinski definition) is 1. The molecule has 3 heteroatoms. The molecule has 0 bridgehead atoms. The minimum atomic E-state index is 0.118. The molecule has 1 aromatic rings. The Kier molecular flexibility index (Phi) is 2.65. The molecule has 0 saturated carbocycles. The van der Waals surface area contributed by atoms with Gasteiger partial charge in [0.1, 0.15) is 0 Å². The lowest BCUT2D eigenvalue weighted by Gasteiger charge is -2.31. The lowest BCUT2D eigenvalue weighted by molar-refractivity contribution is 0.249. The van der Waals surface area contributed by atoms with Gasteiger partial charge >= 0.3 is 0 Å². The molecule has 1 heterocycles. The van der Waals surface area contributed by atoms with E-state index in [1.54, 1.807) is 0 Å². The van der Waals surface area contributed by atoms with Crippen LogP contribution in [0.2, 0.25) is 0 Å². The van der Waals surface area contributed by atoms with E-state index in [1.165, 1.54) is 5.56 Å². The van der Waals surface area contributed by atoms with Crippen molar-refractivity contribution < 1.29 is 0 Å². The highest BCUT2D eigenvalue weighted by Gasteiger charge is 2.34. The van der Waals surface area contributed by atoms with Crippen molar-refractivity contribution in [1.29, 1.82) is 0 Å². The van der Waals surface area contributed by atoms with Gasteiger partial charge in [0.15, 0.2) is 5.11 Å². The van der Waals surface area contributed by atoms with Gasteiger partial charge in [0.05, 0.1) is 5.54 Å². The molecule has 0 atom stereocenters. The molecule has 1 aromatic carbocycles. The SMILES string of the molecule is CC1(C)CNC(=S)N1Cc1ccccc1. The number of hydrogen-bond donors (Lipinski definition) is 1. The van der Waals surface area contributed by atoms with Crippen LogP contribution in [0.1, 0.15) is 19.4 Å². The summed E-state index contributed by atoms with van der Waals surface area (Å²) in [6.07, 6.45) is 0. The van der Waals surface area contributed by atoms with Crippen molar-refractivity contribution in [2.24, 2.45) is 0 Å². The van der Waals surface area contributed by atoms with Crippen molar-refractivity contribution in [3.8, 4) is 0 Å². The largest absolute Gasteiger partial charge is 0.360 e. The second-order valence-corrected chi connectivity index (χ2v) is 4.93. The highest BCUT2D eigenvalue weighted by molar-refractivity contribution is 7.80. The molecule has 0 amide bonds. The summed E-state index contributed by atoms with van der Waals surface area (Å²) in [5.41, 5.74) is 1.42. The van der Waals surface area contributed by atoms with Crippen LogP contribution in [-0.2, 0) is 6.54 Å². The number of nitrogens with zero attached hydrogens (tertiary/aromatic N) is 1. The number of thiocarbonyl (C=S) groups is 1. The number of benzene rings is 1. The van der Waals surface area contributed by atoms with Crippen LogP contribution in [0.3, 0.4) is 0 Å². The zero-order valence-electron chi connectivity index (χ0n) is 9.16. The van der Waals surface area contributed by atoms with E-state index in [4.69, 9.17) is 12.2 Å². The summed E-state index contributed by atoms with van der Waals surface area (Å²) in [4.78, 5) is 2.25. The first-order chi connectivity index (χ1) is 7.09. The van der Waals surface area contributed by atoms with E-state index < -0.39 is 0 Å². The third kappa shape index (κ3) is 2.12. The van der Waals surface area contributed by atoms with E-state index in [1.807, 2.05) is 6.07 Å². The van der Waals surface area contributed by atoms with Gasteiger partial charge in [-0.25, -0.2) is 0 Å². The summed E-state index contributed by atoms with van der Waals surface area (Å²) in [5.74, 6) is 0. The third-order valence-corrected chi connectivity index (χ3v) is 3.20. The van der Waals surface area contributed by atoms with Crippen molar-refractivity contribution in [1.82, 2.24) is 10.2 Å². The summed E-state index contributed by atoms with van der Waals surface area (Å²) in [7, 11) is 0. The first-order valence-corrected chi connectivity index (χ1v) is 5.60. The van der Waals surface area contributed by atoms with Crippen LogP contribution in [0.4, 0.5) is 0 Å². The Hall–Kier alpha value is -1.09. The van der Waals surface area contributed by atoms with E-state index in [0.29, 0.717) is 0 Å². The number of nitrogens with one attached hydrogen (secondary N) is 1. The maximum absolute atomic E-state index is 5.30. The smallest absolute Gasteiger partial charge is 0.169 e. The molecule has 80 valence electrons. The maximum atomic E-state index is 5.30. The van der Waals surface area contributed by atoms with Crippen LogP contribution in [0, 0.1) is 0 Å². The van der Waals surface area contributed by atoms with Gasteiger partial charge in [-0.1, -0.05) is 30.3 Å². The van der Waals surface area contributed by atoms with Crippen molar-refractivity contribution in [2.45, 2.75) is 25.9 Å². The van der Waals surface area contributed by atoms with Gasteiger partial charge in [0.25, 0.3) is 0 Å². The molecule has 0 spiro atoms. The van der Waals surface area contributed by atoms with Crippen LogP contribution in [0.5, 0.6) is 0 Å². The average molecular weight is 220 g/mol. The summed E-state index contributed by atoms with van der Waals surface area (Å²) in [5, 5.41) is 4.10. The van der Waals surface area contributed by atoms with Gasteiger partial charge in [-0.2, -0.15) is 0 Å². The Morgan fingerprint density at radius 1 is 1.33 bits per heavy atom. The zero-order chi connectivity index (χ0) is 10.9. The summed E-state index contributed by atoms with van der Waals surface area (Å²) < 4.78 is 0. The Bertz CT molecular complexity index is 359. The van der Waals surface area contributed by atoms with E-state index in [2.05, 4.69) is 48.3 Å². The molecule has 1 aliphatic rings. The van der Waals surface area contributed by atoms with Crippen molar-refractivity contribution in [3.05, 3.63) is 35.9 Å². The molecular formula is C12H16N2S. The quantitative estimate of drug-likeness (QED) is 0.769. The topological polar surface area (TPSA) is 15.3 Å². The molecule has 2 rings (SSSR count). The van der Waals surface area contributed by atoms with Gasteiger partial charge < -0.3 is 10.2 Å². The Balaban J connectivity index is 2.15. The van der Waals surface area contributed by atoms with Crippen LogP contribution in [0.15, 0.2) is 30.3 Å². The fourth-order valence-corrected chi connectivity index (χ4v) is 2.19. The molecule has 1 N–H and O–H groups in total. The monoisotopic (exact) mass is 220 g/mol. The summed E-state index contributed by atoms with van der Waals surface area (Å²) >= 11 is 5.30. The Morgan fingerprint density at radius 2 is 2.00 bits per heavy atom. The normalized spacial score (nSPS) is 19.1. The molecule has 0 aliphatic carbocycles. The zero-order valence-corrected chi connectivity index (χ0v) is 9.97. The van der Waals surface area contributed by atoms with Crippen LogP contribution in [0.25, 0.3) is 0 Å². The molecule has 1 aliphatic heterocycles. The first kappa shape index (κ1) is 10.4.